The molecule has 1 aliphatic rings. The van der Waals surface area contributed by atoms with Gasteiger partial charge in [-0.1, -0.05) is 29.8 Å². The predicted molar refractivity (Wildman–Crippen MR) is 124 cm³/mol. The van der Waals surface area contributed by atoms with Crippen molar-refractivity contribution in [3.8, 4) is 0 Å². The minimum absolute atomic E-state index is 0.120. The van der Waals surface area contributed by atoms with Crippen LogP contribution < -0.4 is 10.9 Å². The lowest BCUT2D eigenvalue weighted by Gasteiger charge is -2.27. The summed E-state index contributed by atoms with van der Waals surface area (Å²) < 4.78 is 15.5. The van der Waals surface area contributed by atoms with Gasteiger partial charge >= 0.3 is 6.03 Å². The number of aromatic nitrogens is 2. The molecule has 2 amide bonds. The maximum Gasteiger partial charge on any atom is 0.322 e. The zero-order chi connectivity index (χ0) is 22.2. The zero-order valence-electron chi connectivity index (χ0n) is 16.8. The number of urea groups is 1. The van der Waals surface area contributed by atoms with Gasteiger partial charge in [0.2, 0.25) is 0 Å². The van der Waals surface area contributed by atoms with Gasteiger partial charge in [0.15, 0.2) is 0 Å². The second-order valence-corrected chi connectivity index (χ2v) is 9.08. The lowest BCUT2D eigenvalue weighted by Crippen LogP contribution is -2.38. The maximum atomic E-state index is 14.0. The van der Waals surface area contributed by atoms with E-state index in [1.165, 1.54) is 28.3 Å². The van der Waals surface area contributed by atoms with Crippen molar-refractivity contribution in [3.63, 3.8) is 0 Å². The summed E-state index contributed by atoms with van der Waals surface area (Å²) in [6.07, 6.45) is 2.02. The second kappa shape index (κ2) is 8.37. The fraction of sp³-hybridized carbons (Fsp3) is 0.174. The first-order chi connectivity index (χ1) is 15.5. The van der Waals surface area contributed by atoms with Gasteiger partial charge < -0.3 is 10.2 Å². The van der Waals surface area contributed by atoms with E-state index < -0.39 is 0 Å². The molecule has 0 atom stereocenters. The van der Waals surface area contributed by atoms with Gasteiger partial charge in [0, 0.05) is 27.7 Å². The smallest absolute Gasteiger partial charge is 0.319 e. The van der Waals surface area contributed by atoms with E-state index in [9.17, 15) is 14.0 Å². The molecule has 0 spiro atoms. The molecule has 2 aromatic heterocycles. The molecule has 1 aliphatic heterocycles. The third-order valence-electron chi connectivity index (χ3n) is 5.51. The highest BCUT2D eigenvalue weighted by Gasteiger charge is 2.26. The molecule has 0 saturated heterocycles. The van der Waals surface area contributed by atoms with E-state index in [1.54, 1.807) is 47.4 Å². The minimum atomic E-state index is -0.353. The number of halogens is 2. The van der Waals surface area contributed by atoms with Crippen LogP contribution in [0.15, 0.2) is 59.7 Å². The van der Waals surface area contributed by atoms with E-state index in [1.807, 2.05) is 0 Å². The fourth-order valence-corrected chi connectivity index (χ4v) is 5.17. The Kier molecular flexibility index (Phi) is 5.40. The van der Waals surface area contributed by atoms with Crippen molar-refractivity contribution in [2.75, 3.05) is 11.9 Å². The van der Waals surface area contributed by atoms with Crippen LogP contribution in [-0.4, -0.2) is 27.0 Å². The van der Waals surface area contributed by atoms with Crippen LogP contribution in [0.2, 0.25) is 5.02 Å². The molecule has 5 rings (SSSR count). The van der Waals surface area contributed by atoms with Gasteiger partial charge in [-0.2, -0.15) is 0 Å². The van der Waals surface area contributed by atoms with E-state index in [0.29, 0.717) is 46.0 Å². The molecule has 3 heterocycles. The molecule has 2 aromatic carbocycles. The van der Waals surface area contributed by atoms with Crippen LogP contribution in [0.1, 0.15) is 16.0 Å². The number of nitrogens with zero attached hydrogens (tertiary/aromatic N) is 3. The Morgan fingerprint density at radius 2 is 1.97 bits per heavy atom. The zero-order valence-corrected chi connectivity index (χ0v) is 18.4. The van der Waals surface area contributed by atoms with Gasteiger partial charge in [-0.3, -0.25) is 9.36 Å². The minimum Gasteiger partial charge on any atom is -0.319 e. The van der Waals surface area contributed by atoms with Crippen LogP contribution in [0.3, 0.4) is 0 Å². The lowest BCUT2D eigenvalue weighted by molar-refractivity contribution is 0.207. The van der Waals surface area contributed by atoms with Crippen molar-refractivity contribution in [2.24, 2.45) is 0 Å². The molecule has 6 nitrogen and oxygen atoms in total. The number of hydrogen-bond acceptors (Lipinski definition) is 4. The number of benzene rings is 2. The molecular weight excluding hydrogens is 451 g/mol. The van der Waals surface area contributed by atoms with Crippen LogP contribution >= 0.6 is 22.9 Å². The number of fused-ring (bicyclic) bond motifs is 3. The molecular formula is C23H18ClFN4O2S. The van der Waals surface area contributed by atoms with Crippen molar-refractivity contribution in [1.29, 1.82) is 0 Å². The van der Waals surface area contributed by atoms with Crippen LogP contribution in [0.5, 0.6) is 0 Å². The van der Waals surface area contributed by atoms with Crippen molar-refractivity contribution < 1.29 is 9.18 Å². The Morgan fingerprint density at radius 3 is 2.75 bits per heavy atom. The number of anilines is 1. The number of nitrogens with one attached hydrogen (secondary N) is 1. The average Bonchev–Trinajstić information content (AvgIpc) is 3.17. The molecule has 162 valence electrons. The summed E-state index contributed by atoms with van der Waals surface area (Å²) in [6.45, 7) is 1.01. The molecule has 0 unspecified atom stereocenters. The molecule has 0 radical (unpaired) electrons. The molecule has 0 bridgehead atoms. The van der Waals surface area contributed by atoms with E-state index in [2.05, 4.69) is 10.3 Å². The number of carbonyl (C=O) groups is 1. The third-order valence-corrected chi connectivity index (χ3v) is 6.89. The first-order valence-corrected chi connectivity index (χ1v) is 11.2. The maximum absolute atomic E-state index is 14.0. The van der Waals surface area contributed by atoms with Crippen molar-refractivity contribution in [2.45, 2.75) is 19.5 Å². The van der Waals surface area contributed by atoms with Crippen LogP contribution in [-0.2, 0) is 19.5 Å². The Bertz CT molecular complexity index is 1380. The number of thiophene rings is 1. The van der Waals surface area contributed by atoms with E-state index in [4.69, 9.17) is 11.6 Å². The highest BCUT2D eigenvalue weighted by molar-refractivity contribution is 7.18. The van der Waals surface area contributed by atoms with Crippen LogP contribution in [0.25, 0.3) is 10.2 Å². The first-order valence-electron chi connectivity index (χ1n) is 10.0. The third kappa shape index (κ3) is 3.87. The normalized spacial score (nSPS) is 13.2. The molecule has 0 aliphatic carbocycles. The Balaban J connectivity index is 1.40. The molecule has 4 aromatic rings. The van der Waals surface area contributed by atoms with Crippen LogP contribution in [0.4, 0.5) is 14.9 Å². The molecule has 1 N–H and O–H groups in total. The van der Waals surface area contributed by atoms with Crippen molar-refractivity contribution in [1.82, 2.24) is 14.5 Å². The standard InChI is InChI=1S/C23H18ClFN4O2S/c24-15-5-7-16(8-6-15)27-23(31)28-10-9-17-19(12-28)32-21-20(17)22(30)29(13-26-21)11-14-3-1-2-4-18(14)25/h1-8,13H,9-12H2,(H,27,31). The van der Waals surface area contributed by atoms with E-state index >= 15 is 0 Å². The predicted octanol–water partition coefficient (Wildman–Crippen LogP) is 4.89. The lowest BCUT2D eigenvalue weighted by atomic mass is 10.1. The summed E-state index contributed by atoms with van der Waals surface area (Å²) in [7, 11) is 0. The summed E-state index contributed by atoms with van der Waals surface area (Å²) in [4.78, 5) is 33.6. The number of rotatable bonds is 3. The Labute approximate surface area is 191 Å². The Morgan fingerprint density at radius 1 is 1.19 bits per heavy atom. The van der Waals surface area contributed by atoms with Crippen molar-refractivity contribution >= 4 is 44.9 Å². The van der Waals surface area contributed by atoms with Gasteiger partial charge in [-0.05, 0) is 42.3 Å². The topological polar surface area (TPSA) is 67.2 Å². The fourth-order valence-electron chi connectivity index (χ4n) is 3.85. The van der Waals surface area contributed by atoms with E-state index in [-0.39, 0.29) is 24.0 Å². The summed E-state index contributed by atoms with van der Waals surface area (Å²) in [6, 6.07) is 13.1. The molecule has 9 heteroatoms. The van der Waals surface area contributed by atoms with Gasteiger partial charge in [0.25, 0.3) is 5.56 Å². The number of amides is 2. The average molecular weight is 469 g/mol. The van der Waals surface area contributed by atoms with Gasteiger partial charge in [-0.15, -0.1) is 11.3 Å². The molecule has 0 fully saturated rings. The van der Waals surface area contributed by atoms with Crippen molar-refractivity contribution in [3.05, 3.63) is 92.1 Å². The quantitative estimate of drug-likeness (QED) is 0.465. The first kappa shape index (κ1) is 20.7. The van der Waals surface area contributed by atoms with Gasteiger partial charge in [0.1, 0.15) is 10.6 Å². The number of hydrogen-bond donors (Lipinski definition) is 1. The highest BCUT2D eigenvalue weighted by atomic mass is 35.5. The monoisotopic (exact) mass is 468 g/mol. The molecule has 0 saturated carbocycles. The van der Waals surface area contributed by atoms with Crippen LogP contribution in [0, 0.1) is 5.82 Å². The Hall–Kier alpha value is -3.23. The summed E-state index contributed by atoms with van der Waals surface area (Å²) in [5, 5.41) is 4.04. The van der Waals surface area contributed by atoms with Gasteiger partial charge in [-0.25, -0.2) is 14.2 Å². The summed E-state index contributed by atoms with van der Waals surface area (Å²) in [5.74, 6) is -0.353. The van der Waals surface area contributed by atoms with E-state index in [0.717, 1.165) is 10.4 Å². The highest BCUT2D eigenvalue weighted by Crippen LogP contribution is 2.32. The summed E-state index contributed by atoms with van der Waals surface area (Å²) in [5.41, 5.74) is 1.85. The molecule has 32 heavy (non-hydrogen) atoms. The van der Waals surface area contributed by atoms with Gasteiger partial charge in [0.05, 0.1) is 24.8 Å². The number of carbonyl (C=O) groups excluding carboxylic acids is 1. The largest absolute Gasteiger partial charge is 0.322 e. The second-order valence-electron chi connectivity index (χ2n) is 7.56. The summed E-state index contributed by atoms with van der Waals surface area (Å²) >= 11 is 7.32. The SMILES string of the molecule is O=C(Nc1ccc(Cl)cc1)N1CCc2c(sc3ncn(Cc4ccccc4F)c(=O)c23)C1.